The Kier molecular flexibility index (Phi) is 3.51. The van der Waals surface area contributed by atoms with Crippen molar-refractivity contribution < 1.29 is 0 Å². The Labute approximate surface area is 102 Å². The number of aryl methyl sites for hydroxylation is 1. The quantitative estimate of drug-likeness (QED) is 0.866. The number of hydrogen-bond donors (Lipinski definition) is 1. The topological polar surface area (TPSA) is 55.6 Å². The summed E-state index contributed by atoms with van der Waals surface area (Å²) in [6.45, 7) is 0.800. The maximum Gasteiger partial charge on any atom is 0.130 e. The first kappa shape index (κ1) is 11.1. The van der Waals surface area contributed by atoms with Crippen molar-refractivity contribution in [1.82, 2.24) is 19.5 Å². The predicted molar refractivity (Wildman–Crippen MR) is 65.1 cm³/mol. The summed E-state index contributed by atoms with van der Waals surface area (Å²) in [7, 11) is 1.99. The van der Waals surface area contributed by atoms with E-state index in [4.69, 9.17) is 0 Å². The molecule has 0 radical (unpaired) electrons. The van der Waals surface area contributed by atoms with Crippen molar-refractivity contribution in [2.45, 2.75) is 6.42 Å². The molecule has 0 aliphatic carbocycles. The molecule has 2 heterocycles. The molecule has 0 unspecified atom stereocenters. The fourth-order valence-corrected chi connectivity index (χ4v) is 1.68. The van der Waals surface area contributed by atoms with E-state index in [2.05, 4.69) is 36.2 Å². The molecular weight excluding hydrogens is 270 g/mol. The fraction of sp³-hybridized carbons (Fsp3) is 0.300. The fourth-order valence-electron chi connectivity index (χ4n) is 1.37. The molecule has 2 rings (SSSR count). The van der Waals surface area contributed by atoms with Gasteiger partial charge in [-0.05, 0) is 15.9 Å². The number of hydrogen-bond acceptors (Lipinski definition) is 4. The Morgan fingerprint density at radius 3 is 2.94 bits per heavy atom. The predicted octanol–water partition coefficient (Wildman–Crippen LogP) is 1.63. The van der Waals surface area contributed by atoms with Gasteiger partial charge in [0.1, 0.15) is 22.6 Å². The van der Waals surface area contributed by atoms with Crippen molar-refractivity contribution >= 4 is 21.7 Å². The molecule has 0 spiro atoms. The Balaban J connectivity index is 1.87. The zero-order valence-corrected chi connectivity index (χ0v) is 10.5. The van der Waals surface area contributed by atoms with Gasteiger partial charge in [0, 0.05) is 38.5 Å². The van der Waals surface area contributed by atoms with Crippen molar-refractivity contribution in [1.29, 1.82) is 0 Å². The van der Waals surface area contributed by atoms with Crippen LogP contribution < -0.4 is 5.32 Å². The van der Waals surface area contributed by atoms with Gasteiger partial charge < -0.3 is 9.88 Å². The van der Waals surface area contributed by atoms with Crippen LogP contribution in [0.1, 0.15) is 5.82 Å². The summed E-state index contributed by atoms with van der Waals surface area (Å²) in [5.74, 6) is 1.87. The van der Waals surface area contributed by atoms with Crippen LogP contribution in [0.15, 0.2) is 29.4 Å². The van der Waals surface area contributed by atoms with Gasteiger partial charge in [-0.3, -0.25) is 0 Å². The second-order valence-electron chi connectivity index (χ2n) is 3.36. The van der Waals surface area contributed by atoms with Crippen LogP contribution in [0, 0.1) is 0 Å². The summed E-state index contributed by atoms with van der Waals surface area (Å²) < 4.78 is 2.79. The van der Waals surface area contributed by atoms with Crippen molar-refractivity contribution in [2.24, 2.45) is 7.05 Å². The van der Waals surface area contributed by atoms with Crippen LogP contribution >= 0.6 is 15.9 Å². The smallest absolute Gasteiger partial charge is 0.130 e. The van der Waals surface area contributed by atoms with Crippen molar-refractivity contribution in [3.05, 3.63) is 35.2 Å². The summed E-state index contributed by atoms with van der Waals surface area (Å²) >= 11 is 3.30. The van der Waals surface area contributed by atoms with E-state index in [1.54, 1.807) is 6.20 Å². The molecule has 0 aliphatic heterocycles. The molecule has 6 heteroatoms. The minimum Gasteiger partial charge on any atom is -0.369 e. The average molecular weight is 282 g/mol. The van der Waals surface area contributed by atoms with E-state index in [9.17, 15) is 0 Å². The van der Waals surface area contributed by atoms with E-state index in [1.807, 2.05) is 23.9 Å². The molecule has 0 amide bonds. The van der Waals surface area contributed by atoms with E-state index in [0.29, 0.717) is 0 Å². The summed E-state index contributed by atoms with van der Waals surface area (Å²) in [5, 5.41) is 3.22. The summed E-state index contributed by atoms with van der Waals surface area (Å²) in [4.78, 5) is 12.3. The molecule has 0 fully saturated rings. The molecular formula is C10H12BrN5. The number of anilines is 1. The summed E-state index contributed by atoms with van der Waals surface area (Å²) in [6, 6.07) is 1.85. The SMILES string of the molecule is Cn1ccnc1CCNc1cc(Br)ncn1. The highest BCUT2D eigenvalue weighted by Crippen LogP contribution is 2.09. The molecule has 5 nitrogen and oxygen atoms in total. The molecule has 2 aromatic rings. The van der Waals surface area contributed by atoms with Gasteiger partial charge >= 0.3 is 0 Å². The highest BCUT2D eigenvalue weighted by molar-refractivity contribution is 9.10. The van der Waals surface area contributed by atoms with Crippen LogP contribution in [-0.4, -0.2) is 26.1 Å². The second-order valence-corrected chi connectivity index (χ2v) is 4.17. The molecule has 0 aliphatic rings. The lowest BCUT2D eigenvalue weighted by atomic mass is 10.4. The summed E-state index contributed by atoms with van der Waals surface area (Å²) in [5.41, 5.74) is 0. The first-order chi connectivity index (χ1) is 7.75. The van der Waals surface area contributed by atoms with Gasteiger partial charge in [0.25, 0.3) is 0 Å². The highest BCUT2D eigenvalue weighted by Gasteiger charge is 1.99. The Bertz CT molecular complexity index is 468. The molecule has 16 heavy (non-hydrogen) atoms. The lowest BCUT2D eigenvalue weighted by Gasteiger charge is -2.05. The number of aromatic nitrogens is 4. The zero-order chi connectivity index (χ0) is 11.4. The van der Waals surface area contributed by atoms with Crippen LogP contribution in [0.25, 0.3) is 0 Å². The van der Waals surface area contributed by atoms with Crippen LogP contribution in [0.3, 0.4) is 0 Å². The van der Waals surface area contributed by atoms with Crippen LogP contribution in [0.4, 0.5) is 5.82 Å². The number of rotatable bonds is 4. The van der Waals surface area contributed by atoms with Gasteiger partial charge in [-0.15, -0.1) is 0 Å². The lowest BCUT2D eigenvalue weighted by Crippen LogP contribution is -2.09. The Hall–Kier alpha value is -1.43. The van der Waals surface area contributed by atoms with E-state index >= 15 is 0 Å². The van der Waals surface area contributed by atoms with Crippen molar-refractivity contribution in [3.63, 3.8) is 0 Å². The number of imidazole rings is 1. The summed E-state index contributed by atoms with van der Waals surface area (Å²) in [6.07, 6.45) is 6.13. The maximum absolute atomic E-state index is 4.25. The molecule has 0 aromatic carbocycles. The molecule has 0 saturated carbocycles. The maximum atomic E-state index is 4.25. The van der Waals surface area contributed by atoms with Gasteiger partial charge in [-0.2, -0.15) is 0 Å². The van der Waals surface area contributed by atoms with E-state index in [1.165, 1.54) is 6.33 Å². The first-order valence-electron chi connectivity index (χ1n) is 4.93. The van der Waals surface area contributed by atoms with Gasteiger partial charge in [0.15, 0.2) is 0 Å². The largest absolute Gasteiger partial charge is 0.369 e. The number of halogens is 1. The van der Waals surface area contributed by atoms with Crippen LogP contribution in [-0.2, 0) is 13.5 Å². The third-order valence-electron chi connectivity index (χ3n) is 2.21. The third kappa shape index (κ3) is 2.79. The Morgan fingerprint density at radius 1 is 1.38 bits per heavy atom. The molecule has 84 valence electrons. The van der Waals surface area contributed by atoms with E-state index < -0.39 is 0 Å². The Morgan fingerprint density at radius 2 is 2.25 bits per heavy atom. The first-order valence-corrected chi connectivity index (χ1v) is 5.72. The van der Waals surface area contributed by atoms with Gasteiger partial charge in [-0.25, -0.2) is 15.0 Å². The molecule has 1 N–H and O–H groups in total. The molecule has 0 atom stereocenters. The average Bonchev–Trinajstić information content (AvgIpc) is 2.65. The number of nitrogens with zero attached hydrogens (tertiary/aromatic N) is 4. The standard InChI is InChI=1S/C10H12BrN5/c1-16-5-4-13-10(16)2-3-12-9-6-8(11)14-7-15-9/h4-7H,2-3H2,1H3,(H,12,14,15). The minimum absolute atomic E-state index is 0.780. The number of nitrogens with one attached hydrogen (secondary N) is 1. The van der Waals surface area contributed by atoms with Gasteiger partial charge in [0.05, 0.1) is 0 Å². The van der Waals surface area contributed by atoms with Crippen LogP contribution in [0.2, 0.25) is 0 Å². The minimum atomic E-state index is 0.780. The van der Waals surface area contributed by atoms with E-state index in [-0.39, 0.29) is 0 Å². The van der Waals surface area contributed by atoms with Gasteiger partial charge in [0.2, 0.25) is 0 Å². The monoisotopic (exact) mass is 281 g/mol. The molecule has 2 aromatic heterocycles. The highest BCUT2D eigenvalue weighted by atomic mass is 79.9. The molecule has 0 bridgehead atoms. The van der Waals surface area contributed by atoms with Crippen molar-refractivity contribution in [3.8, 4) is 0 Å². The molecule has 0 saturated heterocycles. The van der Waals surface area contributed by atoms with E-state index in [0.717, 1.165) is 29.2 Å². The second kappa shape index (κ2) is 5.07. The normalized spacial score (nSPS) is 10.4. The third-order valence-corrected chi connectivity index (χ3v) is 2.64. The van der Waals surface area contributed by atoms with Crippen molar-refractivity contribution in [2.75, 3.05) is 11.9 Å². The lowest BCUT2D eigenvalue weighted by molar-refractivity contribution is 0.788. The van der Waals surface area contributed by atoms with Gasteiger partial charge in [-0.1, -0.05) is 0 Å². The van der Waals surface area contributed by atoms with Crippen LogP contribution in [0.5, 0.6) is 0 Å². The zero-order valence-electron chi connectivity index (χ0n) is 8.89.